The molecule has 0 atom stereocenters. The van der Waals surface area contributed by atoms with E-state index >= 15 is 0 Å². The number of aromatic nitrogens is 3. The molecule has 0 saturated carbocycles. The number of hydrogen-bond donors (Lipinski definition) is 2. The molecule has 2 N–H and O–H groups in total. The summed E-state index contributed by atoms with van der Waals surface area (Å²) in [6, 6.07) is 8.27. The Morgan fingerprint density at radius 2 is 2.23 bits per heavy atom. The molecule has 6 nitrogen and oxygen atoms in total. The van der Waals surface area contributed by atoms with Crippen LogP contribution in [0.3, 0.4) is 0 Å². The second-order valence-corrected chi connectivity index (χ2v) is 4.67. The normalized spacial score (nSPS) is 11.0. The molecule has 0 aliphatic carbocycles. The summed E-state index contributed by atoms with van der Waals surface area (Å²) in [4.78, 5) is 8.47. The van der Waals surface area contributed by atoms with Gasteiger partial charge in [-0.2, -0.15) is 5.10 Å². The maximum absolute atomic E-state index is 5.26. The predicted molar refractivity (Wildman–Crippen MR) is 87.2 cm³/mol. The van der Waals surface area contributed by atoms with Crippen molar-refractivity contribution in [3.63, 3.8) is 0 Å². The highest BCUT2D eigenvalue weighted by Crippen LogP contribution is 2.08. The molecule has 2 aromatic rings. The van der Waals surface area contributed by atoms with Crippen molar-refractivity contribution in [3.05, 3.63) is 48.0 Å². The van der Waals surface area contributed by atoms with E-state index in [1.54, 1.807) is 11.0 Å². The highest BCUT2D eigenvalue weighted by atomic mass is 15.3. The molecule has 2 rings (SSSR count). The van der Waals surface area contributed by atoms with Crippen molar-refractivity contribution in [1.82, 2.24) is 25.4 Å². The molecule has 114 valence electrons. The summed E-state index contributed by atoms with van der Waals surface area (Å²) in [5, 5.41) is 10.3. The van der Waals surface area contributed by atoms with Gasteiger partial charge >= 0.3 is 0 Å². The quantitative estimate of drug-likeness (QED) is 0.474. The number of terminal acetylenes is 1. The number of rotatable bonds is 6. The number of benzene rings is 1. The van der Waals surface area contributed by atoms with E-state index < -0.39 is 0 Å². The Hall–Kier alpha value is -2.81. The lowest BCUT2D eigenvalue weighted by Gasteiger charge is -2.09. The fraction of sp³-hybridized carbons (Fsp3) is 0.312. The van der Waals surface area contributed by atoms with E-state index in [1.165, 1.54) is 11.9 Å². The first-order valence-electron chi connectivity index (χ1n) is 7.17. The van der Waals surface area contributed by atoms with Gasteiger partial charge in [0.15, 0.2) is 5.96 Å². The Morgan fingerprint density at radius 3 is 2.95 bits per heavy atom. The molecule has 0 fully saturated rings. The number of nitrogens with one attached hydrogen (secondary N) is 2. The third kappa shape index (κ3) is 4.94. The summed E-state index contributed by atoms with van der Waals surface area (Å²) in [6.07, 6.45) is 8.50. The predicted octanol–water partition coefficient (Wildman–Crippen LogP) is 1.01. The first kappa shape index (κ1) is 15.6. The van der Waals surface area contributed by atoms with Crippen LogP contribution in [0.15, 0.2) is 41.9 Å². The van der Waals surface area contributed by atoms with E-state index in [2.05, 4.69) is 49.8 Å². The van der Waals surface area contributed by atoms with Crippen LogP contribution in [0.25, 0.3) is 0 Å². The van der Waals surface area contributed by atoms with Crippen LogP contribution in [0.5, 0.6) is 0 Å². The van der Waals surface area contributed by atoms with Crippen LogP contribution in [0.2, 0.25) is 0 Å². The maximum atomic E-state index is 5.26. The van der Waals surface area contributed by atoms with E-state index in [0.29, 0.717) is 19.6 Å². The zero-order valence-electron chi connectivity index (χ0n) is 12.7. The van der Waals surface area contributed by atoms with Gasteiger partial charge in [0.1, 0.15) is 12.7 Å². The van der Waals surface area contributed by atoms with Gasteiger partial charge in [-0.25, -0.2) is 14.7 Å². The van der Waals surface area contributed by atoms with E-state index in [4.69, 9.17) is 6.42 Å². The molecule has 0 saturated heterocycles. The van der Waals surface area contributed by atoms with Crippen molar-refractivity contribution in [3.8, 4) is 12.3 Å². The van der Waals surface area contributed by atoms with E-state index in [1.807, 2.05) is 13.0 Å². The molecular weight excluding hydrogens is 276 g/mol. The Balaban J connectivity index is 2.01. The molecule has 22 heavy (non-hydrogen) atoms. The van der Waals surface area contributed by atoms with Crippen LogP contribution in [-0.4, -0.2) is 33.8 Å². The third-order valence-corrected chi connectivity index (χ3v) is 2.92. The minimum Gasteiger partial charge on any atom is -0.357 e. The van der Waals surface area contributed by atoms with Gasteiger partial charge in [-0.3, -0.25) is 0 Å². The van der Waals surface area contributed by atoms with E-state index in [9.17, 15) is 0 Å². The smallest absolute Gasteiger partial charge is 0.192 e. The van der Waals surface area contributed by atoms with Crippen molar-refractivity contribution >= 4 is 5.96 Å². The highest BCUT2D eigenvalue weighted by Gasteiger charge is 1.99. The molecule has 0 spiro atoms. The van der Waals surface area contributed by atoms with Crippen LogP contribution < -0.4 is 10.6 Å². The Bertz CT molecular complexity index is 639. The van der Waals surface area contributed by atoms with Gasteiger partial charge in [0.25, 0.3) is 0 Å². The molecule has 1 heterocycles. The van der Waals surface area contributed by atoms with E-state index in [0.717, 1.165) is 18.1 Å². The molecule has 0 amide bonds. The maximum Gasteiger partial charge on any atom is 0.192 e. The molecule has 1 aromatic heterocycles. The van der Waals surface area contributed by atoms with Crippen molar-refractivity contribution in [2.75, 3.05) is 13.1 Å². The van der Waals surface area contributed by atoms with Crippen molar-refractivity contribution < 1.29 is 0 Å². The van der Waals surface area contributed by atoms with Gasteiger partial charge in [0.05, 0.1) is 19.6 Å². The first-order valence-corrected chi connectivity index (χ1v) is 7.17. The first-order chi connectivity index (χ1) is 10.8. The number of aliphatic imine (C=N–C) groups is 1. The van der Waals surface area contributed by atoms with Gasteiger partial charge in [0, 0.05) is 6.54 Å². The van der Waals surface area contributed by atoms with Crippen LogP contribution in [-0.2, 0) is 13.1 Å². The fourth-order valence-corrected chi connectivity index (χ4v) is 1.97. The summed E-state index contributed by atoms with van der Waals surface area (Å²) in [6.45, 7) is 4.56. The van der Waals surface area contributed by atoms with Crippen LogP contribution in [0, 0.1) is 12.3 Å². The van der Waals surface area contributed by atoms with Gasteiger partial charge in [0.2, 0.25) is 0 Å². The number of nitrogens with zero attached hydrogens (tertiary/aromatic N) is 4. The standard InChI is InChI=1S/C16H20N6/c1-3-8-19-16(18-4-2)20-10-14-6-5-7-15(9-14)11-22-13-17-12-21-22/h1,5-7,9,12-13H,4,8,10-11H2,2H3,(H2,18,19,20). The second kappa shape index (κ2) is 8.47. The summed E-state index contributed by atoms with van der Waals surface area (Å²) < 4.78 is 1.79. The Morgan fingerprint density at radius 1 is 1.36 bits per heavy atom. The molecular formula is C16H20N6. The Labute approximate surface area is 130 Å². The van der Waals surface area contributed by atoms with Gasteiger partial charge in [-0.1, -0.05) is 30.2 Å². The van der Waals surface area contributed by atoms with Crippen LogP contribution in [0.1, 0.15) is 18.1 Å². The number of guanidine groups is 1. The minimum absolute atomic E-state index is 0.457. The lowest BCUT2D eigenvalue weighted by molar-refractivity contribution is 0.684. The monoisotopic (exact) mass is 296 g/mol. The topological polar surface area (TPSA) is 67.1 Å². The largest absolute Gasteiger partial charge is 0.357 e. The van der Waals surface area contributed by atoms with Crippen LogP contribution >= 0.6 is 0 Å². The van der Waals surface area contributed by atoms with Gasteiger partial charge < -0.3 is 10.6 Å². The van der Waals surface area contributed by atoms with E-state index in [-0.39, 0.29) is 0 Å². The highest BCUT2D eigenvalue weighted by molar-refractivity contribution is 5.79. The van der Waals surface area contributed by atoms with Crippen molar-refractivity contribution in [1.29, 1.82) is 0 Å². The molecule has 0 unspecified atom stereocenters. The number of hydrogen-bond acceptors (Lipinski definition) is 3. The summed E-state index contributed by atoms with van der Waals surface area (Å²) in [5.74, 6) is 3.27. The fourth-order valence-electron chi connectivity index (χ4n) is 1.97. The molecule has 0 aliphatic heterocycles. The minimum atomic E-state index is 0.457. The summed E-state index contributed by atoms with van der Waals surface area (Å²) in [5.41, 5.74) is 2.30. The van der Waals surface area contributed by atoms with Crippen molar-refractivity contribution in [2.45, 2.75) is 20.0 Å². The zero-order valence-corrected chi connectivity index (χ0v) is 12.7. The lowest BCUT2D eigenvalue weighted by Crippen LogP contribution is -2.37. The zero-order chi connectivity index (χ0) is 15.6. The third-order valence-electron chi connectivity index (χ3n) is 2.92. The molecule has 0 bridgehead atoms. The molecule has 1 aromatic carbocycles. The van der Waals surface area contributed by atoms with Gasteiger partial charge in [-0.05, 0) is 18.1 Å². The Kier molecular flexibility index (Phi) is 6.00. The summed E-state index contributed by atoms with van der Waals surface area (Å²) >= 11 is 0. The molecule has 6 heteroatoms. The average molecular weight is 296 g/mol. The molecule has 0 radical (unpaired) electrons. The van der Waals surface area contributed by atoms with Gasteiger partial charge in [-0.15, -0.1) is 6.42 Å². The second-order valence-electron chi connectivity index (χ2n) is 4.67. The SMILES string of the molecule is C#CCNC(=NCc1cccc(Cn2cncn2)c1)NCC. The lowest BCUT2D eigenvalue weighted by atomic mass is 10.1. The summed E-state index contributed by atoms with van der Waals surface area (Å²) in [7, 11) is 0. The van der Waals surface area contributed by atoms with Crippen LogP contribution in [0.4, 0.5) is 0 Å². The average Bonchev–Trinajstić information content (AvgIpc) is 3.03. The molecule has 0 aliphatic rings. The van der Waals surface area contributed by atoms with Crippen molar-refractivity contribution in [2.24, 2.45) is 4.99 Å².